The Kier molecular flexibility index (Phi) is 8.43. The highest BCUT2D eigenvalue weighted by atomic mass is 16.5. The summed E-state index contributed by atoms with van der Waals surface area (Å²) >= 11 is 0. The zero-order valence-electron chi connectivity index (χ0n) is 23.6. The van der Waals surface area contributed by atoms with Crippen LogP contribution in [0.15, 0.2) is 34.9 Å². The number of aromatic hydroxyl groups is 1. The number of hydrogen-bond acceptors (Lipinski definition) is 5. The van der Waals surface area contributed by atoms with Gasteiger partial charge < -0.3 is 19.6 Å². The molecule has 5 heteroatoms. The minimum absolute atomic E-state index is 0.219. The summed E-state index contributed by atoms with van der Waals surface area (Å²) < 4.78 is 12.2. The van der Waals surface area contributed by atoms with Crippen molar-refractivity contribution in [3.05, 3.63) is 58.5 Å². The number of ether oxygens (including phenoxy) is 1. The first kappa shape index (κ1) is 27.6. The predicted octanol–water partition coefficient (Wildman–Crippen LogP) is 8.17. The Labute approximate surface area is 217 Å². The van der Waals surface area contributed by atoms with Gasteiger partial charge in [0.25, 0.3) is 0 Å². The number of hydrogen-bond donors (Lipinski definition) is 2. The van der Waals surface area contributed by atoms with E-state index in [1.807, 2.05) is 12.1 Å². The van der Waals surface area contributed by atoms with Crippen LogP contribution in [-0.4, -0.2) is 16.6 Å². The fourth-order valence-electron chi connectivity index (χ4n) is 4.49. The minimum Gasteiger partial charge on any atom is -0.507 e. The van der Waals surface area contributed by atoms with E-state index < -0.39 is 0 Å². The van der Waals surface area contributed by atoms with Crippen molar-refractivity contribution in [2.45, 2.75) is 99.0 Å². The largest absolute Gasteiger partial charge is 0.507 e. The number of oxazole rings is 1. The third-order valence-electron chi connectivity index (χ3n) is 6.54. The first-order valence-corrected chi connectivity index (χ1v) is 13.2. The van der Waals surface area contributed by atoms with Crippen molar-refractivity contribution in [2.75, 3.05) is 11.9 Å². The fourth-order valence-corrected chi connectivity index (χ4v) is 4.49. The molecule has 3 aromatic rings. The van der Waals surface area contributed by atoms with Crippen LogP contribution >= 0.6 is 0 Å². The number of nitrogens with one attached hydrogen (secondary N) is 1. The molecule has 0 atom stereocenters. The first-order valence-electron chi connectivity index (χ1n) is 13.2. The standard InChI is InChI=1S/C31H44N2O3/c1-10-15-32-27-20(11-2)13-14-26(23(27)12-3)35-18-22-19-36-29(33-22)21-16-24(30(4,5)6)28(34)25(17-21)31(7,8)9/h13-14,16-17,19,32,34H,10-12,15,18H2,1-9H3. The third kappa shape index (κ3) is 6.05. The van der Waals surface area contributed by atoms with Gasteiger partial charge in [0.15, 0.2) is 0 Å². The van der Waals surface area contributed by atoms with Gasteiger partial charge in [-0.3, -0.25) is 0 Å². The second-order valence-electron chi connectivity index (χ2n) is 11.6. The second kappa shape index (κ2) is 11.0. The molecular formula is C31H44N2O3. The molecule has 1 heterocycles. The van der Waals surface area contributed by atoms with Gasteiger partial charge in [0, 0.05) is 34.5 Å². The van der Waals surface area contributed by atoms with Gasteiger partial charge in [-0.25, -0.2) is 4.98 Å². The summed E-state index contributed by atoms with van der Waals surface area (Å²) in [6.45, 7) is 20.4. The van der Waals surface area contributed by atoms with E-state index in [1.165, 1.54) is 16.8 Å². The van der Waals surface area contributed by atoms with Gasteiger partial charge in [0.2, 0.25) is 5.89 Å². The van der Waals surface area contributed by atoms with Crippen molar-refractivity contribution in [2.24, 2.45) is 0 Å². The molecule has 36 heavy (non-hydrogen) atoms. The molecular weight excluding hydrogens is 448 g/mol. The number of nitrogens with zero attached hydrogens (tertiary/aromatic N) is 1. The molecule has 0 radical (unpaired) electrons. The summed E-state index contributed by atoms with van der Waals surface area (Å²) in [6, 6.07) is 8.21. The lowest BCUT2D eigenvalue weighted by molar-refractivity contribution is 0.298. The fraction of sp³-hybridized carbons (Fsp3) is 0.516. The van der Waals surface area contributed by atoms with Crippen LogP contribution in [0.2, 0.25) is 0 Å². The molecule has 0 aliphatic rings. The molecule has 2 aromatic carbocycles. The summed E-state index contributed by atoms with van der Waals surface area (Å²) in [4.78, 5) is 4.74. The molecule has 0 fully saturated rings. The number of aromatic nitrogens is 1. The van der Waals surface area contributed by atoms with Crippen LogP contribution in [0.3, 0.4) is 0 Å². The molecule has 0 unspecified atom stereocenters. The maximum absolute atomic E-state index is 11.0. The summed E-state index contributed by atoms with van der Waals surface area (Å²) in [6.07, 6.45) is 4.60. The Bertz CT molecular complexity index is 1140. The van der Waals surface area contributed by atoms with Gasteiger partial charge in [-0.1, -0.05) is 68.4 Å². The molecule has 0 amide bonds. The van der Waals surface area contributed by atoms with Crippen LogP contribution in [0.1, 0.15) is 96.7 Å². The van der Waals surface area contributed by atoms with E-state index in [2.05, 4.69) is 79.8 Å². The normalized spacial score (nSPS) is 12.1. The van der Waals surface area contributed by atoms with Gasteiger partial charge >= 0.3 is 0 Å². The van der Waals surface area contributed by atoms with Crippen LogP contribution in [0, 0.1) is 0 Å². The monoisotopic (exact) mass is 492 g/mol. The lowest BCUT2D eigenvalue weighted by atomic mass is 9.78. The maximum atomic E-state index is 11.0. The molecule has 0 bridgehead atoms. The number of phenols is 1. The quantitative estimate of drug-likeness (QED) is 0.315. The van der Waals surface area contributed by atoms with Gasteiger partial charge in [0.05, 0.1) is 0 Å². The van der Waals surface area contributed by atoms with Gasteiger partial charge in [-0.15, -0.1) is 0 Å². The second-order valence-corrected chi connectivity index (χ2v) is 11.6. The van der Waals surface area contributed by atoms with Crippen LogP contribution in [-0.2, 0) is 30.3 Å². The van der Waals surface area contributed by atoms with Gasteiger partial charge in [-0.05, 0) is 53.9 Å². The lowest BCUT2D eigenvalue weighted by Crippen LogP contribution is -2.17. The number of aryl methyl sites for hydroxylation is 1. The Hall–Kier alpha value is -2.95. The van der Waals surface area contributed by atoms with E-state index in [1.54, 1.807) is 6.26 Å². The van der Waals surface area contributed by atoms with Gasteiger partial charge in [0.1, 0.15) is 30.1 Å². The summed E-state index contributed by atoms with van der Waals surface area (Å²) in [7, 11) is 0. The molecule has 0 aliphatic heterocycles. The number of rotatable bonds is 9. The highest BCUT2D eigenvalue weighted by molar-refractivity contribution is 5.64. The van der Waals surface area contributed by atoms with E-state index in [9.17, 15) is 5.11 Å². The van der Waals surface area contributed by atoms with Crippen molar-refractivity contribution < 1.29 is 14.3 Å². The van der Waals surface area contributed by atoms with Crippen LogP contribution in [0.25, 0.3) is 11.5 Å². The molecule has 0 saturated carbocycles. The van der Waals surface area contributed by atoms with Crippen molar-refractivity contribution >= 4 is 5.69 Å². The maximum Gasteiger partial charge on any atom is 0.226 e. The highest BCUT2D eigenvalue weighted by Gasteiger charge is 2.27. The topological polar surface area (TPSA) is 67.5 Å². The van der Waals surface area contributed by atoms with Crippen molar-refractivity contribution in [3.63, 3.8) is 0 Å². The molecule has 1 aromatic heterocycles. The van der Waals surface area contributed by atoms with E-state index in [0.29, 0.717) is 18.2 Å². The molecule has 0 aliphatic carbocycles. The summed E-state index contributed by atoms with van der Waals surface area (Å²) in [5.41, 5.74) is 6.65. The zero-order valence-corrected chi connectivity index (χ0v) is 23.6. The number of anilines is 1. The predicted molar refractivity (Wildman–Crippen MR) is 149 cm³/mol. The van der Waals surface area contributed by atoms with E-state index in [-0.39, 0.29) is 10.8 Å². The molecule has 3 rings (SSSR count). The Morgan fingerprint density at radius 2 is 1.58 bits per heavy atom. The van der Waals surface area contributed by atoms with E-state index in [4.69, 9.17) is 14.1 Å². The Morgan fingerprint density at radius 3 is 2.11 bits per heavy atom. The summed E-state index contributed by atoms with van der Waals surface area (Å²) in [5, 5.41) is 14.6. The smallest absolute Gasteiger partial charge is 0.226 e. The minimum atomic E-state index is -0.219. The average molecular weight is 493 g/mol. The highest BCUT2D eigenvalue weighted by Crippen LogP contribution is 2.42. The zero-order chi connectivity index (χ0) is 26.7. The van der Waals surface area contributed by atoms with E-state index >= 15 is 0 Å². The average Bonchev–Trinajstić information content (AvgIpc) is 3.28. The van der Waals surface area contributed by atoms with Crippen molar-refractivity contribution in [1.82, 2.24) is 4.98 Å². The van der Waals surface area contributed by atoms with Crippen LogP contribution in [0.4, 0.5) is 5.69 Å². The van der Waals surface area contributed by atoms with Crippen LogP contribution in [0.5, 0.6) is 11.5 Å². The molecule has 196 valence electrons. The lowest BCUT2D eigenvalue weighted by Gasteiger charge is -2.27. The van der Waals surface area contributed by atoms with Crippen LogP contribution < -0.4 is 10.1 Å². The van der Waals surface area contributed by atoms with Crippen molar-refractivity contribution in [3.8, 4) is 23.0 Å². The number of phenolic OH excluding ortho intramolecular Hbond substituents is 1. The summed E-state index contributed by atoms with van der Waals surface area (Å²) in [5.74, 6) is 1.77. The molecule has 0 spiro atoms. The first-order chi connectivity index (χ1) is 16.9. The number of benzene rings is 2. The molecule has 0 saturated heterocycles. The molecule has 2 N–H and O–H groups in total. The van der Waals surface area contributed by atoms with E-state index in [0.717, 1.165) is 53.9 Å². The molecule has 5 nitrogen and oxygen atoms in total. The van der Waals surface area contributed by atoms with Crippen molar-refractivity contribution in [1.29, 1.82) is 0 Å². The Morgan fingerprint density at radius 1 is 0.944 bits per heavy atom. The van der Waals surface area contributed by atoms with Gasteiger partial charge in [-0.2, -0.15) is 0 Å². The SMILES string of the molecule is CCCNc1c(CC)ccc(OCc2coc(-c3cc(C(C)(C)C)c(O)c(C(C)(C)C)c3)n2)c1CC. The Balaban J connectivity index is 1.91. The third-order valence-corrected chi connectivity index (χ3v) is 6.54.